The van der Waals surface area contributed by atoms with E-state index in [4.69, 9.17) is 4.74 Å². The Balaban J connectivity index is 0.00000300. The van der Waals surface area contributed by atoms with Gasteiger partial charge in [0.1, 0.15) is 23.5 Å². The summed E-state index contributed by atoms with van der Waals surface area (Å²) in [6, 6.07) is 10.3. The smallest absolute Gasteiger partial charge is 0.191 e. The van der Waals surface area contributed by atoms with Gasteiger partial charge in [-0.15, -0.1) is 24.0 Å². The van der Waals surface area contributed by atoms with Gasteiger partial charge in [0.2, 0.25) is 0 Å². The van der Waals surface area contributed by atoms with Crippen LogP contribution in [0.5, 0.6) is 5.75 Å². The molecule has 158 valence electrons. The van der Waals surface area contributed by atoms with Crippen LogP contribution in [0.2, 0.25) is 0 Å². The number of nitrogens with one attached hydrogen (secondary N) is 2. The summed E-state index contributed by atoms with van der Waals surface area (Å²) >= 11 is 0. The van der Waals surface area contributed by atoms with Crippen molar-refractivity contribution >= 4 is 35.8 Å². The number of hydrogen-bond donors (Lipinski definition) is 2. The summed E-state index contributed by atoms with van der Waals surface area (Å²) in [4.78, 5) is 11.1. The number of ether oxygens (including phenoxy) is 1. The molecule has 1 fully saturated rings. The highest BCUT2D eigenvalue weighted by Crippen LogP contribution is 2.18. The molecule has 0 aliphatic carbocycles. The number of nitrogens with zero attached hydrogens (tertiary/aromatic N) is 3. The summed E-state index contributed by atoms with van der Waals surface area (Å²) in [5.74, 6) is 1.94. The zero-order valence-electron chi connectivity index (χ0n) is 16.9. The van der Waals surface area contributed by atoms with Gasteiger partial charge in [-0.3, -0.25) is 4.99 Å². The van der Waals surface area contributed by atoms with E-state index in [2.05, 4.69) is 31.6 Å². The van der Waals surface area contributed by atoms with Gasteiger partial charge in [0.05, 0.1) is 6.54 Å². The molecule has 8 heteroatoms. The number of rotatable bonds is 7. The van der Waals surface area contributed by atoms with E-state index in [1.165, 1.54) is 25.0 Å². The van der Waals surface area contributed by atoms with Gasteiger partial charge in [-0.05, 0) is 49.6 Å². The Morgan fingerprint density at radius 1 is 1.24 bits per heavy atom. The number of hydrogen-bond acceptors (Lipinski definition) is 4. The third-order valence-corrected chi connectivity index (χ3v) is 4.61. The fourth-order valence-electron chi connectivity index (χ4n) is 3.15. The lowest BCUT2D eigenvalue weighted by atomic mass is 10.2. The zero-order chi connectivity index (χ0) is 19.8. The maximum absolute atomic E-state index is 13.2. The molecule has 0 spiro atoms. The van der Waals surface area contributed by atoms with Crippen LogP contribution in [0.25, 0.3) is 0 Å². The van der Waals surface area contributed by atoms with Gasteiger partial charge in [-0.2, -0.15) is 0 Å². The van der Waals surface area contributed by atoms with Crippen LogP contribution >= 0.6 is 24.0 Å². The maximum atomic E-state index is 13.2. The van der Waals surface area contributed by atoms with E-state index in [9.17, 15) is 4.39 Å². The lowest BCUT2D eigenvalue weighted by Gasteiger charge is -2.19. The van der Waals surface area contributed by atoms with Crippen LogP contribution in [0.1, 0.15) is 25.3 Å². The van der Waals surface area contributed by atoms with E-state index < -0.39 is 0 Å². The molecular weight excluding hydrogens is 484 g/mol. The Morgan fingerprint density at radius 2 is 2.03 bits per heavy atom. The lowest BCUT2D eigenvalue weighted by Crippen LogP contribution is -2.41. The van der Waals surface area contributed by atoms with E-state index >= 15 is 0 Å². The number of aliphatic imine (C=N–C) groups is 1. The lowest BCUT2D eigenvalue weighted by molar-refractivity contribution is 0.223. The number of anilines is 1. The highest BCUT2D eigenvalue weighted by molar-refractivity contribution is 14.0. The highest BCUT2D eigenvalue weighted by Gasteiger charge is 2.13. The minimum absolute atomic E-state index is 0. The van der Waals surface area contributed by atoms with Crippen molar-refractivity contribution in [1.82, 2.24) is 15.6 Å². The fourth-order valence-corrected chi connectivity index (χ4v) is 3.15. The van der Waals surface area contributed by atoms with E-state index in [1.807, 2.05) is 19.2 Å². The molecule has 1 saturated heterocycles. The Kier molecular flexibility index (Phi) is 9.43. The van der Waals surface area contributed by atoms with Gasteiger partial charge in [-0.1, -0.05) is 6.07 Å². The van der Waals surface area contributed by atoms with Crippen molar-refractivity contribution in [3.05, 3.63) is 54.0 Å². The molecule has 3 rings (SSSR count). The predicted octanol–water partition coefficient (Wildman–Crippen LogP) is 3.57. The standard InChI is InChI=1S/C21H28FN5O.HI/c1-16(28-19-7-5-6-18(22)13-19)14-25-21(23-2)26-15-17-8-9-24-20(12-17)27-10-3-4-11-27;/h5-9,12-13,16H,3-4,10-11,14-15H2,1-2H3,(H2,23,25,26);1H. The molecule has 2 aromatic rings. The van der Waals surface area contributed by atoms with Crippen LogP contribution in [0, 0.1) is 5.82 Å². The summed E-state index contributed by atoms with van der Waals surface area (Å²) in [5.41, 5.74) is 1.16. The molecule has 6 nitrogen and oxygen atoms in total. The second-order valence-corrected chi connectivity index (χ2v) is 6.91. The quantitative estimate of drug-likeness (QED) is 0.337. The van der Waals surface area contributed by atoms with Crippen molar-refractivity contribution in [2.75, 3.05) is 31.6 Å². The van der Waals surface area contributed by atoms with Gasteiger partial charge in [0.25, 0.3) is 0 Å². The van der Waals surface area contributed by atoms with E-state index in [0.717, 1.165) is 24.5 Å². The van der Waals surface area contributed by atoms with E-state index in [1.54, 1.807) is 19.2 Å². The van der Waals surface area contributed by atoms with Gasteiger partial charge in [0, 0.05) is 38.9 Å². The summed E-state index contributed by atoms with van der Waals surface area (Å²) in [6.45, 7) is 5.29. The molecule has 1 atom stereocenters. The first kappa shape index (κ1) is 23.2. The van der Waals surface area contributed by atoms with E-state index in [0.29, 0.717) is 24.8 Å². The number of pyridine rings is 1. The highest BCUT2D eigenvalue weighted by atomic mass is 127. The second kappa shape index (κ2) is 11.8. The Hall–Kier alpha value is -2.10. The number of halogens is 2. The molecule has 1 unspecified atom stereocenters. The SMILES string of the molecule is CN=C(NCc1ccnc(N2CCCC2)c1)NCC(C)Oc1cccc(F)c1.I. The minimum Gasteiger partial charge on any atom is -0.489 e. The number of aromatic nitrogens is 1. The first-order valence-electron chi connectivity index (χ1n) is 9.70. The first-order chi connectivity index (χ1) is 13.6. The molecule has 29 heavy (non-hydrogen) atoms. The molecule has 1 aliphatic heterocycles. The monoisotopic (exact) mass is 513 g/mol. The maximum Gasteiger partial charge on any atom is 0.191 e. The molecule has 2 N–H and O–H groups in total. The molecule has 0 saturated carbocycles. The summed E-state index contributed by atoms with van der Waals surface area (Å²) in [7, 11) is 1.73. The molecule has 0 radical (unpaired) electrons. The van der Waals surface area contributed by atoms with Crippen molar-refractivity contribution in [3.63, 3.8) is 0 Å². The Labute approximate surface area is 189 Å². The largest absolute Gasteiger partial charge is 0.489 e. The third-order valence-electron chi connectivity index (χ3n) is 4.61. The van der Waals surface area contributed by atoms with Crippen molar-refractivity contribution in [3.8, 4) is 5.75 Å². The normalized spacial score (nSPS) is 14.9. The third kappa shape index (κ3) is 7.34. The van der Waals surface area contributed by atoms with Crippen LogP contribution in [0.15, 0.2) is 47.6 Å². The van der Waals surface area contributed by atoms with Crippen LogP contribution in [0.3, 0.4) is 0 Å². The van der Waals surface area contributed by atoms with Crippen LogP contribution in [0.4, 0.5) is 10.2 Å². The summed E-state index contributed by atoms with van der Waals surface area (Å²) in [6.07, 6.45) is 4.19. The average molecular weight is 513 g/mol. The molecule has 1 aliphatic rings. The molecule has 2 heterocycles. The average Bonchev–Trinajstić information content (AvgIpc) is 3.23. The Morgan fingerprint density at radius 3 is 2.76 bits per heavy atom. The molecule has 0 bridgehead atoms. The van der Waals surface area contributed by atoms with Gasteiger partial charge in [-0.25, -0.2) is 9.37 Å². The van der Waals surface area contributed by atoms with Gasteiger partial charge in [0.15, 0.2) is 5.96 Å². The molecule has 1 aromatic heterocycles. The van der Waals surface area contributed by atoms with Gasteiger partial charge < -0.3 is 20.3 Å². The number of benzene rings is 1. The summed E-state index contributed by atoms with van der Waals surface area (Å²) < 4.78 is 19.0. The molecular formula is C21H29FIN5O. The molecule has 0 amide bonds. The van der Waals surface area contributed by atoms with Crippen molar-refractivity contribution < 1.29 is 9.13 Å². The predicted molar refractivity (Wildman–Crippen MR) is 126 cm³/mol. The van der Waals surface area contributed by atoms with Crippen LogP contribution in [-0.4, -0.2) is 43.7 Å². The van der Waals surface area contributed by atoms with Gasteiger partial charge >= 0.3 is 0 Å². The first-order valence-corrected chi connectivity index (χ1v) is 9.70. The van der Waals surface area contributed by atoms with Crippen molar-refractivity contribution in [2.24, 2.45) is 4.99 Å². The minimum atomic E-state index is -0.305. The van der Waals surface area contributed by atoms with Crippen LogP contribution < -0.4 is 20.3 Å². The topological polar surface area (TPSA) is 61.8 Å². The van der Waals surface area contributed by atoms with Crippen molar-refractivity contribution in [2.45, 2.75) is 32.4 Å². The molecule has 1 aromatic carbocycles. The zero-order valence-corrected chi connectivity index (χ0v) is 19.2. The van der Waals surface area contributed by atoms with Crippen molar-refractivity contribution in [1.29, 1.82) is 0 Å². The van der Waals surface area contributed by atoms with Crippen LogP contribution in [-0.2, 0) is 6.54 Å². The fraction of sp³-hybridized carbons (Fsp3) is 0.429. The second-order valence-electron chi connectivity index (χ2n) is 6.91. The Bertz CT molecular complexity index is 798. The van der Waals surface area contributed by atoms with E-state index in [-0.39, 0.29) is 35.9 Å². The summed E-state index contributed by atoms with van der Waals surface area (Å²) in [5, 5.41) is 6.55. The number of guanidine groups is 1.